The number of nitrogens with one attached hydrogen (secondary N) is 1. The van der Waals surface area contributed by atoms with Crippen molar-refractivity contribution < 1.29 is 25.5 Å². The molecule has 0 spiro atoms. The quantitative estimate of drug-likeness (QED) is 0.164. The van der Waals surface area contributed by atoms with E-state index in [0.29, 0.717) is 0 Å². The second-order valence-electron chi connectivity index (χ2n) is 8.10. The topological polar surface area (TPSA) is 113 Å². The highest BCUT2D eigenvalue weighted by Crippen LogP contribution is 2.12. The van der Waals surface area contributed by atoms with E-state index >= 15 is 0 Å². The number of hydrogen-bond donors (Lipinski definition) is 6. The van der Waals surface area contributed by atoms with Crippen molar-refractivity contribution in [1.82, 2.24) is 5.32 Å². The Hall–Kier alpha value is -0.240. The molecule has 0 bridgehead atoms. The van der Waals surface area contributed by atoms with E-state index in [9.17, 15) is 20.4 Å². The van der Waals surface area contributed by atoms with E-state index in [4.69, 9.17) is 5.11 Å². The molecule has 0 unspecified atom stereocenters. The first-order valence-electron chi connectivity index (χ1n) is 11.6. The van der Waals surface area contributed by atoms with E-state index in [1.807, 2.05) is 0 Å². The highest BCUT2D eigenvalue weighted by atomic mass is 16.4. The lowest BCUT2D eigenvalue weighted by Crippen LogP contribution is -2.49. The van der Waals surface area contributed by atoms with Crippen LogP contribution >= 0.6 is 0 Å². The van der Waals surface area contributed by atoms with Crippen LogP contribution in [0.15, 0.2) is 0 Å². The van der Waals surface area contributed by atoms with Crippen LogP contribution in [0.1, 0.15) is 96.8 Å². The molecule has 0 fully saturated rings. The molecule has 0 amide bonds. The summed E-state index contributed by atoms with van der Waals surface area (Å²) in [6, 6.07) is 0. The van der Waals surface area contributed by atoms with Crippen molar-refractivity contribution >= 4 is 0 Å². The molecule has 0 aromatic rings. The number of rotatable bonds is 21. The molecule has 6 N–H and O–H groups in total. The van der Waals surface area contributed by atoms with Gasteiger partial charge in [-0.3, -0.25) is 0 Å². The Balaban J connectivity index is 3.33. The summed E-state index contributed by atoms with van der Waals surface area (Å²) in [6.45, 7) is 2.50. The van der Waals surface area contributed by atoms with Gasteiger partial charge >= 0.3 is 0 Å². The van der Waals surface area contributed by atoms with Crippen molar-refractivity contribution in [1.29, 1.82) is 0 Å². The summed E-state index contributed by atoms with van der Waals surface area (Å²) in [6.07, 6.45) is 12.7. The lowest BCUT2D eigenvalue weighted by molar-refractivity contribution is -0.113. The standard InChI is InChI=1S/C22H47NO5/c1-2-3-4-5-6-7-8-9-10-11-12-13-14-15-16-23-17-19(25)21(27)22(28)20(26)18-24/h19-28H,2-18H2,1H3/t19-,20+,21+,22+/m0/s1. The van der Waals surface area contributed by atoms with Gasteiger partial charge in [-0.1, -0.05) is 90.4 Å². The third-order valence-corrected chi connectivity index (χ3v) is 5.39. The van der Waals surface area contributed by atoms with Crippen LogP contribution in [0.25, 0.3) is 0 Å². The Morgan fingerprint density at radius 3 is 1.39 bits per heavy atom. The van der Waals surface area contributed by atoms with Gasteiger partial charge in [0.25, 0.3) is 0 Å². The van der Waals surface area contributed by atoms with E-state index in [1.54, 1.807) is 0 Å². The lowest BCUT2D eigenvalue weighted by atomic mass is 10.0. The van der Waals surface area contributed by atoms with Gasteiger partial charge in [-0.2, -0.15) is 0 Å². The second kappa shape index (κ2) is 20.0. The summed E-state index contributed by atoms with van der Waals surface area (Å²) < 4.78 is 0. The maximum absolute atomic E-state index is 9.78. The molecule has 170 valence electrons. The number of unbranched alkanes of at least 4 members (excludes halogenated alkanes) is 13. The maximum atomic E-state index is 9.78. The summed E-state index contributed by atoms with van der Waals surface area (Å²) in [5.74, 6) is 0. The van der Waals surface area contributed by atoms with E-state index in [-0.39, 0.29) is 6.54 Å². The third kappa shape index (κ3) is 15.7. The molecule has 6 heteroatoms. The Bertz CT molecular complexity index is 319. The fourth-order valence-corrected chi connectivity index (χ4v) is 3.38. The average molecular weight is 406 g/mol. The van der Waals surface area contributed by atoms with Crippen molar-refractivity contribution in [3.63, 3.8) is 0 Å². The van der Waals surface area contributed by atoms with Gasteiger partial charge in [0, 0.05) is 6.54 Å². The highest BCUT2D eigenvalue weighted by Gasteiger charge is 2.29. The minimum absolute atomic E-state index is 0.148. The summed E-state index contributed by atoms with van der Waals surface area (Å²) in [4.78, 5) is 0. The summed E-state index contributed by atoms with van der Waals surface area (Å²) in [5.41, 5.74) is 0. The van der Waals surface area contributed by atoms with Crippen LogP contribution in [-0.4, -0.2) is 69.6 Å². The first-order valence-corrected chi connectivity index (χ1v) is 11.6. The van der Waals surface area contributed by atoms with Gasteiger partial charge in [-0.25, -0.2) is 0 Å². The second-order valence-corrected chi connectivity index (χ2v) is 8.10. The van der Waals surface area contributed by atoms with Crippen molar-refractivity contribution in [2.45, 2.75) is 121 Å². The van der Waals surface area contributed by atoms with Gasteiger partial charge in [0.1, 0.15) is 18.3 Å². The van der Waals surface area contributed by atoms with Crippen molar-refractivity contribution in [2.24, 2.45) is 0 Å². The normalized spacial score (nSPS) is 16.1. The fraction of sp³-hybridized carbons (Fsp3) is 1.00. The average Bonchev–Trinajstić information content (AvgIpc) is 2.71. The molecule has 28 heavy (non-hydrogen) atoms. The molecule has 0 aliphatic carbocycles. The molecule has 6 nitrogen and oxygen atoms in total. The molecule has 0 aromatic heterocycles. The van der Waals surface area contributed by atoms with Gasteiger partial charge in [0.15, 0.2) is 0 Å². The monoisotopic (exact) mass is 405 g/mol. The van der Waals surface area contributed by atoms with Crippen LogP contribution in [0.3, 0.4) is 0 Å². The van der Waals surface area contributed by atoms with E-state index in [2.05, 4.69) is 12.2 Å². The first kappa shape index (κ1) is 27.8. The van der Waals surface area contributed by atoms with Crippen LogP contribution in [0.4, 0.5) is 0 Å². The SMILES string of the molecule is CCCCCCCCCCCCCCCCNC[C@H](O)[C@@H](O)[C@H](O)[C@H](O)CO. The van der Waals surface area contributed by atoms with E-state index < -0.39 is 31.0 Å². The number of aliphatic hydroxyl groups is 5. The van der Waals surface area contributed by atoms with Crippen LogP contribution in [-0.2, 0) is 0 Å². The molecule has 0 aliphatic rings. The maximum Gasteiger partial charge on any atom is 0.111 e. The third-order valence-electron chi connectivity index (χ3n) is 5.39. The molecule has 4 atom stereocenters. The molecular formula is C22H47NO5. The fourth-order valence-electron chi connectivity index (χ4n) is 3.38. The van der Waals surface area contributed by atoms with Gasteiger partial charge in [0.05, 0.1) is 12.7 Å². The molecule has 0 saturated heterocycles. The van der Waals surface area contributed by atoms with Crippen molar-refractivity contribution in [3.05, 3.63) is 0 Å². The molecule has 0 heterocycles. The Kier molecular flexibility index (Phi) is 19.9. The first-order chi connectivity index (χ1) is 13.5. The molecular weight excluding hydrogens is 358 g/mol. The van der Waals surface area contributed by atoms with Gasteiger partial charge in [-0.15, -0.1) is 0 Å². The summed E-state index contributed by atoms with van der Waals surface area (Å²) in [5, 5.41) is 50.1. The molecule has 0 saturated carbocycles. The summed E-state index contributed by atoms with van der Waals surface area (Å²) in [7, 11) is 0. The van der Waals surface area contributed by atoms with Gasteiger partial charge in [-0.05, 0) is 13.0 Å². The molecule has 0 aromatic carbocycles. The van der Waals surface area contributed by atoms with Crippen molar-refractivity contribution in [3.8, 4) is 0 Å². The van der Waals surface area contributed by atoms with Gasteiger partial charge in [0.2, 0.25) is 0 Å². The summed E-state index contributed by atoms with van der Waals surface area (Å²) >= 11 is 0. The van der Waals surface area contributed by atoms with Gasteiger partial charge < -0.3 is 30.8 Å². The number of aliphatic hydroxyl groups excluding tert-OH is 5. The zero-order chi connectivity index (χ0) is 21.0. The lowest BCUT2D eigenvalue weighted by Gasteiger charge is -2.25. The molecule has 0 aliphatic heterocycles. The van der Waals surface area contributed by atoms with Crippen LogP contribution in [0.2, 0.25) is 0 Å². The van der Waals surface area contributed by atoms with Crippen LogP contribution < -0.4 is 5.32 Å². The molecule has 0 radical (unpaired) electrons. The Morgan fingerprint density at radius 2 is 0.964 bits per heavy atom. The van der Waals surface area contributed by atoms with E-state index in [1.165, 1.54) is 77.0 Å². The predicted octanol–water partition coefficient (Wildman–Crippen LogP) is 2.49. The van der Waals surface area contributed by atoms with E-state index in [0.717, 1.165) is 19.4 Å². The predicted molar refractivity (Wildman–Crippen MR) is 114 cm³/mol. The van der Waals surface area contributed by atoms with Crippen molar-refractivity contribution in [2.75, 3.05) is 19.7 Å². The molecule has 0 rings (SSSR count). The minimum atomic E-state index is -1.55. The Morgan fingerprint density at radius 1 is 0.571 bits per heavy atom. The largest absolute Gasteiger partial charge is 0.394 e. The van der Waals surface area contributed by atoms with Crippen LogP contribution in [0.5, 0.6) is 0 Å². The smallest absolute Gasteiger partial charge is 0.111 e. The number of hydrogen-bond acceptors (Lipinski definition) is 6. The Labute approximate surface area is 172 Å². The highest BCUT2D eigenvalue weighted by molar-refractivity contribution is 4.81. The minimum Gasteiger partial charge on any atom is -0.394 e. The zero-order valence-electron chi connectivity index (χ0n) is 18.1. The zero-order valence-corrected chi connectivity index (χ0v) is 18.1. The van der Waals surface area contributed by atoms with Crippen LogP contribution in [0, 0.1) is 0 Å².